The Kier molecular flexibility index (Phi) is 6.14. The van der Waals surface area contributed by atoms with E-state index in [2.05, 4.69) is 20.7 Å². The Bertz CT molecular complexity index is 724. The van der Waals surface area contributed by atoms with Crippen molar-refractivity contribution in [3.8, 4) is 5.88 Å². The van der Waals surface area contributed by atoms with E-state index in [1.807, 2.05) is 27.9 Å². The van der Waals surface area contributed by atoms with Gasteiger partial charge >= 0.3 is 0 Å². The molecule has 1 amide bonds. The zero-order valence-electron chi connectivity index (χ0n) is 15.2. The largest absolute Gasteiger partial charge is 0.479 e. The second-order valence-electron chi connectivity index (χ2n) is 5.94. The van der Waals surface area contributed by atoms with Crippen LogP contribution < -0.4 is 15.4 Å². The van der Waals surface area contributed by atoms with Crippen molar-refractivity contribution in [3.63, 3.8) is 0 Å². The van der Waals surface area contributed by atoms with Crippen LogP contribution in [0.25, 0.3) is 11.0 Å². The fraction of sp³-hybridized carbons (Fsp3) is 0.588. The Balaban J connectivity index is 2.13. The van der Waals surface area contributed by atoms with Gasteiger partial charge in [-0.15, -0.1) is 5.10 Å². The van der Waals surface area contributed by atoms with E-state index in [-0.39, 0.29) is 5.91 Å². The van der Waals surface area contributed by atoms with Crippen LogP contribution >= 0.6 is 0 Å². The lowest BCUT2D eigenvalue weighted by atomic mass is 10.00. The van der Waals surface area contributed by atoms with Crippen LogP contribution in [0.1, 0.15) is 29.7 Å². The number of carbonyl (C=O) groups is 1. The zero-order valence-corrected chi connectivity index (χ0v) is 15.2. The van der Waals surface area contributed by atoms with E-state index in [4.69, 9.17) is 4.74 Å². The summed E-state index contributed by atoms with van der Waals surface area (Å²) in [5.74, 6) is 0.651. The maximum absolute atomic E-state index is 12.0. The van der Waals surface area contributed by atoms with E-state index >= 15 is 0 Å². The summed E-state index contributed by atoms with van der Waals surface area (Å²) in [7, 11) is 5.37. The molecule has 0 aliphatic heterocycles. The lowest BCUT2D eigenvalue weighted by Crippen LogP contribution is -2.26. The summed E-state index contributed by atoms with van der Waals surface area (Å²) in [5.41, 5.74) is 3.93. The summed E-state index contributed by atoms with van der Waals surface area (Å²) < 4.78 is 7.10. The number of pyridine rings is 1. The number of ether oxygens (including phenoxy) is 1. The minimum absolute atomic E-state index is 0.0724. The van der Waals surface area contributed by atoms with Gasteiger partial charge in [-0.05, 0) is 51.4 Å². The van der Waals surface area contributed by atoms with Crippen molar-refractivity contribution in [3.05, 3.63) is 16.8 Å². The first-order valence-electron chi connectivity index (χ1n) is 8.27. The van der Waals surface area contributed by atoms with Crippen LogP contribution in [0.15, 0.2) is 0 Å². The third-order valence-electron chi connectivity index (χ3n) is 4.24. The van der Waals surface area contributed by atoms with Gasteiger partial charge in [0.2, 0.25) is 11.8 Å². The summed E-state index contributed by atoms with van der Waals surface area (Å²) >= 11 is 0. The number of methoxy groups -OCH3 is 1. The average Bonchev–Trinajstić information content (AvgIpc) is 2.87. The molecular formula is C17H27N5O2. The number of amides is 1. The maximum Gasteiger partial charge on any atom is 0.242 e. The third-order valence-corrected chi connectivity index (χ3v) is 4.24. The number of rotatable bonds is 8. The maximum atomic E-state index is 12.0. The molecule has 132 valence electrons. The lowest BCUT2D eigenvalue weighted by Gasteiger charge is -2.11. The van der Waals surface area contributed by atoms with E-state index in [9.17, 15) is 4.79 Å². The first-order chi connectivity index (χ1) is 11.5. The minimum Gasteiger partial charge on any atom is -0.479 e. The Morgan fingerprint density at radius 1 is 1.29 bits per heavy atom. The van der Waals surface area contributed by atoms with E-state index in [0.29, 0.717) is 25.3 Å². The van der Waals surface area contributed by atoms with Crippen molar-refractivity contribution < 1.29 is 9.53 Å². The van der Waals surface area contributed by atoms with Crippen molar-refractivity contribution in [1.29, 1.82) is 0 Å². The van der Waals surface area contributed by atoms with Gasteiger partial charge in [0.1, 0.15) is 0 Å². The van der Waals surface area contributed by atoms with E-state index < -0.39 is 0 Å². The number of nitrogens with one attached hydrogen (secondary N) is 2. The molecule has 0 bridgehead atoms. The highest BCUT2D eigenvalue weighted by atomic mass is 16.5. The number of hydrogen-bond donors (Lipinski definition) is 2. The second kappa shape index (κ2) is 8.10. The molecule has 2 rings (SSSR count). The van der Waals surface area contributed by atoms with Crippen molar-refractivity contribution in [2.75, 3.05) is 27.2 Å². The number of aromatic nitrogens is 3. The highest BCUT2D eigenvalue weighted by molar-refractivity contribution is 5.86. The predicted octanol–water partition coefficient (Wildman–Crippen LogP) is 1.25. The highest BCUT2D eigenvalue weighted by Gasteiger charge is 2.18. The molecule has 0 radical (unpaired) electrons. The van der Waals surface area contributed by atoms with Crippen LogP contribution in [-0.2, 0) is 18.3 Å². The molecule has 0 aliphatic rings. The number of carbonyl (C=O) groups excluding carboxylic acids is 1. The van der Waals surface area contributed by atoms with Crippen LogP contribution in [0.2, 0.25) is 0 Å². The molecule has 0 atom stereocenters. The fourth-order valence-electron chi connectivity index (χ4n) is 2.93. The molecule has 0 saturated carbocycles. The zero-order chi connectivity index (χ0) is 17.7. The molecule has 2 aromatic rings. The quantitative estimate of drug-likeness (QED) is 0.711. The smallest absolute Gasteiger partial charge is 0.242 e. The molecule has 0 aliphatic carbocycles. The third kappa shape index (κ3) is 3.84. The molecule has 0 spiro atoms. The monoisotopic (exact) mass is 333 g/mol. The number of aryl methyl sites for hydroxylation is 3. The van der Waals surface area contributed by atoms with Gasteiger partial charge in [0.25, 0.3) is 0 Å². The molecule has 0 saturated heterocycles. The average molecular weight is 333 g/mol. The van der Waals surface area contributed by atoms with Crippen molar-refractivity contribution >= 4 is 16.9 Å². The SMILES string of the molecule is CNCCCNC(=O)CCc1c(C)nc2c(c(OC)nn2C)c1C. The van der Waals surface area contributed by atoms with Crippen molar-refractivity contribution in [2.24, 2.45) is 7.05 Å². The summed E-state index contributed by atoms with van der Waals surface area (Å²) in [6, 6.07) is 0. The molecule has 0 unspecified atom stereocenters. The molecular weight excluding hydrogens is 306 g/mol. The predicted molar refractivity (Wildman–Crippen MR) is 94.4 cm³/mol. The molecule has 2 aromatic heterocycles. The normalized spacial score (nSPS) is 11.0. The van der Waals surface area contributed by atoms with Crippen molar-refractivity contribution in [2.45, 2.75) is 33.1 Å². The van der Waals surface area contributed by atoms with E-state index in [0.717, 1.165) is 40.8 Å². The van der Waals surface area contributed by atoms with Crippen LogP contribution in [0, 0.1) is 13.8 Å². The lowest BCUT2D eigenvalue weighted by molar-refractivity contribution is -0.121. The van der Waals surface area contributed by atoms with Crippen LogP contribution in [0.4, 0.5) is 0 Å². The summed E-state index contributed by atoms with van der Waals surface area (Å²) in [4.78, 5) is 16.6. The number of hydrogen-bond acceptors (Lipinski definition) is 5. The molecule has 0 aromatic carbocycles. The summed E-state index contributed by atoms with van der Waals surface area (Å²) in [6.07, 6.45) is 2.05. The fourth-order valence-corrected chi connectivity index (χ4v) is 2.93. The van der Waals surface area contributed by atoms with Gasteiger partial charge in [-0.25, -0.2) is 9.67 Å². The van der Waals surface area contributed by atoms with Crippen molar-refractivity contribution in [1.82, 2.24) is 25.4 Å². The van der Waals surface area contributed by atoms with Crippen LogP contribution in [0.5, 0.6) is 5.88 Å². The van der Waals surface area contributed by atoms with Crippen LogP contribution in [-0.4, -0.2) is 47.9 Å². The molecule has 24 heavy (non-hydrogen) atoms. The van der Waals surface area contributed by atoms with E-state index in [1.54, 1.807) is 11.8 Å². The molecule has 7 heteroatoms. The van der Waals surface area contributed by atoms with Gasteiger partial charge in [-0.3, -0.25) is 4.79 Å². The van der Waals surface area contributed by atoms with Crippen LogP contribution in [0.3, 0.4) is 0 Å². The Hall–Kier alpha value is -2.15. The number of nitrogens with zero attached hydrogens (tertiary/aromatic N) is 3. The van der Waals surface area contributed by atoms with Gasteiger partial charge in [0.15, 0.2) is 5.65 Å². The molecule has 2 N–H and O–H groups in total. The topological polar surface area (TPSA) is 81.1 Å². The minimum atomic E-state index is 0.0724. The van der Waals surface area contributed by atoms with Gasteiger partial charge in [0, 0.05) is 25.7 Å². The van der Waals surface area contributed by atoms with Gasteiger partial charge in [-0.2, -0.15) is 0 Å². The van der Waals surface area contributed by atoms with Gasteiger partial charge in [-0.1, -0.05) is 0 Å². The first-order valence-corrected chi connectivity index (χ1v) is 8.27. The Morgan fingerprint density at radius 2 is 2.04 bits per heavy atom. The summed E-state index contributed by atoms with van der Waals surface area (Å²) in [6.45, 7) is 5.62. The summed E-state index contributed by atoms with van der Waals surface area (Å²) in [5, 5.41) is 11.3. The Labute approximate surface area is 142 Å². The van der Waals surface area contributed by atoms with Gasteiger partial charge in [0.05, 0.1) is 12.5 Å². The standard InChI is InChI=1S/C17H27N5O2/c1-11-13(7-8-14(23)19-10-6-9-18-3)12(2)20-16-15(11)17(24-5)21-22(16)4/h18H,6-10H2,1-5H3,(H,19,23). The van der Waals surface area contributed by atoms with E-state index in [1.165, 1.54) is 0 Å². The van der Waals surface area contributed by atoms with Gasteiger partial charge < -0.3 is 15.4 Å². The highest BCUT2D eigenvalue weighted by Crippen LogP contribution is 2.30. The second-order valence-corrected chi connectivity index (χ2v) is 5.94. The molecule has 2 heterocycles. The molecule has 7 nitrogen and oxygen atoms in total. The molecule has 0 fully saturated rings. The first kappa shape index (κ1) is 18.2. The number of fused-ring (bicyclic) bond motifs is 1. The Morgan fingerprint density at radius 3 is 2.71 bits per heavy atom.